The fraction of sp³-hybridized carbons (Fsp3) is 0.381. The molecule has 1 atom stereocenters. The van der Waals surface area contributed by atoms with Crippen LogP contribution in [0.25, 0.3) is 0 Å². The fourth-order valence-electron chi connectivity index (χ4n) is 3.44. The number of anilines is 1. The molecule has 1 aliphatic rings. The average molecular weight is 568 g/mol. The Bertz CT molecular complexity index is 888. The maximum Gasteiger partial charge on any atom is 0.387 e. The minimum absolute atomic E-state index is 0. The number of para-hydroxylation sites is 3. The van der Waals surface area contributed by atoms with Gasteiger partial charge >= 0.3 is 13.2 Å². The van der Waals surface area contributed by atoms with Crippen LogP contribution in [-0.4, -0.2) is 45.4 Å². The predicted molar refractivity (Wildman–Crippen MR) is 126 cm³/mol. The van der Waals surface area contributed by atoms with Crippen LogP contribution in [0.15, 0.2) is 53.5 Å². The summed E-state index contributed by atoms with van der Waals surface area (Å²) in [6.07, 6.45) is 0.759. The Labute approximate surface area is 201 Å². The van der Waals surface area contributed by atoms with E-state index in [2.05, 4.69) is 25.1 Å². The van der Waals surface area contributed by atoms with E-state index in [0.717, 1.165) is 6.42 Å². The molecule has 1 fully saturated rings. The number of nitrogens with one attached hydrogen (secondary N) is 2. The monoisotopic (exact) mass is 568 g/mol. The first kappa shape index (κ1) is 25.8. The number of hydrogen-bond donors (Lipinski definition) is 2. The SMILES string of the molecule is CN=C(NCc1ccccc1OC(F)F)NC1CCN(c2ccccc2OC(F)F)C1.I. The summed E-state index contributed by atoms with van der Waals surface area (Å²) in [5.74, 6) is 0.732. The van der Waals surface area contributed by atoms with E-state index in [9.17, 15) is 17.6 Å². The van der Waals surface area contributed by atoms with Gasteiger partial charge in [0, 0.05) is 38.3 Å². The van der Waals surface area contributed by atoms with Gasteiger partial charge in [-0.15, -0.1) is 24.0 Å². The normalized spacial score (nSPS) is 16.2. The molecule has 2 aromatic carbocycles. The molecule has 2 N–H and O–H groups in total. The van der Waals surface area contributed by atoms with E-state index in [0.29, 0.717) is 30.3 Å². The minimum Gasteiger partial charge on any atom is -0.434 e. The first-order valence-electron chi connectivity index (χ1n) is 9.75. The Balaban J connectivity index is 0.00000363. The van der Waals surface area contributed by atoms with Crippen LogP contribution in [0.1, 0.15) is 12.0 Å². The van der Waals surface area contributed by atoms with Gasteiger partial charge in [0.15, 0.2) is 5.96 Å². The molecular weight excluding hydrogens is 543 g/mol. The summed E-state index contributed by atoms with van der Waals surface area (Å²) < 4.78 is 59.7. The van der Waals surface area contributed by atoms with Gasteiger partial charge in [0.1, 0.15) is 11.5 Å². The summed E-state index contributed by atoms with van der Waals surface area (Å²) in [4.78, 5) is 6.14. The van der Waals surface area contributed by atoms with Crippen molar-refractivity contribution >= 4 is 35.6 Å². The van der Waals surface area contributed by atoms with Gasteiger partial charge in [0.25, 0.3) is 0 Å². The maximum atomic E-state index is 12.7. The number of hydrogen-bond acceptors (Lipinski definition) is 4. The Morgan fingerprint density at radius 1 is 1.03 bits per heavy atom. The summed E-state index contributed by atoms with van der Waals surface area (Å²) in [5.41, 5.74) is 1.17. The van der Waals surface area contributed by atoms with Crippen molar-refractivity contribution in [2.45, 2.75) is 32.2 Å². The molecule has 1 unspecified atom stereocenters. The average Bonchev–Trinajstić information content (AvgIpc) is 3.20. The Kier molecular flexibility index (Phi) is 10.1. The van der Waals surface area contributed by atoms with E-state index >= 15 is 0 Å². The van der Waals surface area contributed by atoms with Crippen molar-refractivity contribution in [2.75, 3.05) is 25.0 Å². The third-order valence-electron chi connectivity index (χ3n) is 4.81. The summed E-state index contributed by atoms with van der Waals surface area (Å²) in [6.45, 7) is -4.33. The molecule has 0 radical (unpaired) electrons. The van der Waals surface area contributed by atoms with Gasteiger partial charge in [-0.25, -0.2) is 0 Å². The highest BCUT2D eigenvalue weighted by Crippen LogP contribution is 2.31. The maximum absolute atomic E-state index is 12.7. The van der Waals surface area contributed by atoms with Crippen molar-refractivity contribution in [3.05, 3.63) is 54.1 Å². The molecule has 0 aromatic heterocycles. The van der Waals surface area contributed by atoms with Gasteiger partial charge in [-0.3, -0.25) is 4.99 Å². The molecule has 1 saturated heterocycles. The van der Waals surface area contributed by atoms with E-state index in [1.165, 1.54) is 12.1 Å². The summed E-state index contributed by atoms with van der Waals surface area (Å²) in [6, 6.07) is 13.2. The van der Waals surface area contributed by atoms with Crippen molar-refractivity contribution < 1.29 is 27.0 Å². The molecule has 176 valence electrons. The number of ether oxygens (including phenoxy) is 2. The van der Waals surface area contributed by atoms with Gasteiger partial charge < -0.3 is 25.0 Å². The van der Waals surface area contributed by atoms with Gasteiger partial charge in [-0.05, 0) is 24.6 Å². The van der Waals surface area contributed by atoms with Crippen LogP contribution in [0.5, 0.6) is 11.5 Å². The van der Waals surface area contributed by atoms with Gasteiger partial charge in [-0.1, -0.05) is 30.3 Å². The van der Waals surface area contributed by atoms with E-state index in [1.54, 1.807) is 43.4 Å². The largest absolute Gasteiger partial charge is 0.434 e. The van der Waals surface area contributed by atoms with E-state index in [-0.39, 0.29) is 48.1 Å². The molecule has 0 bridgehead atoms. The predicted octanol–water partition coefficient (Wildman–Crippen LogP) is 4.45. The molecule has 1 aliphatic heterocycles. The van der Waals surface area contributed by atoms with Crippen LogP contribution >= 0.6 is 24.0 Å². The molecule has 0 aliphatic carbocycles. The highest BCUT2D eigenvalue weighted by Gasteiger charge is 2.26. The zero-order valence-corrected chi connectivity index (χ0v) is 19.6. The second kappa shape index (κ2) is 12.6. The Morgan fingerprint density at radius 2 is 1.66 bits per heavy atom. The van der Waals surface area contributed by atoms with Crippen molar-refractivity contribution in [3.63, 3.8) is 0 Å². The smallest absolute Gasteiger partial charge is 0.387 e. The lowest BCUT2D eigenvalue weighted by atomic mass is 10.2. The molecule has 32 heavy (non-hydrogen) atoms. The molecule has 1 heterocycles. The van der Waals surface area contributed by atoms with Crippen LogP contribution in [-0.2, 0) is 6.54 Å². The lowest BCUT2D eigenvalue weighted by molar-refractivity contribution is -0.0508. The van der Waals surface area contributed by atoms with Gasteiger partial charge in [-0.2, -0.15) is 17.6 Å². The molecule has 11 heteroatoms. The van der Waals surface area contributed by atoms with Crippen LogP contribution in [0.2, 0.25) is 0 Å². The van der Waals surface area contributed by atoms with Crippen LogP contribution in [0, 0.1) is 0 Å². The van der Waals surface area contributed by atoms with Crippen LogP contribution in [0.4, 0.5) is 23.2 Å². The molecule has 2 aromatic rings. The van der Waals surface area contributed by atoms with Crippen molar-refractivity contribution in [3.8, 4) is 11.5 Å². The topological polar surface area (TPSA) is 58.1 Å². The molecule has 6 nitrogen and oxygen atoms in total. The third-order valence-corrected chi connectivity index (χ3v) is 4.81. The number of rotatable bonds is 8. The van der Waals surface area contributed by atoms with E-state index in [4.69, 9.17) is 0 Å². The summed E-state index contributed by atoms with van der Waals surface area (Å²) in [5, 5.41) is 6.37. The van der Waals surface area contributed by atoms with Crippen molar-refractivity contribution in [2.24, 2.45) is 4.99 Å². The van der Waals surface area contributed by atoms with Crippen LogP contribution < -0.4 is 25.0 Å². The lowest BCUT2D eigenvalue weighted by Crippen LogP contribution is -2.44. The summed E-state index contributed by atoms with van der Waals surface area (Å²) in [7, 11) is 1.61. The Morgan fingerprint density at radius 3 is 2.34 bits per heavy atom. The quantitative estimate of drug-likeness (QED) is 0.214. The van der Waals surface area contributed by atoms with Gasteiger partial charge in [0.05, 0.1) is 5.69 Å². The highest BCUT2D eigenvalue weighted by molar-refractivity contribution is 14.0. The molecule has 3 rings (SSSR count). The number of alkyl halides is 4. The zero-order valence-electron chi connectivity index (χ0n) is 17.3. The van der Waals surface area contributed by atoms with Crippen LogP contribution in [0.3, 0.4) is 0 Å². The highest BCUT2D eigenvalue weighted by atomic mass is 127. The van der Waals surface area contributed by atoms with E-state index < -0.39 is 13.2 Å². The molecular formula is C21H25F4IN4O2. The molecule has 0 spiro atoms. The second-order valence-electron chi connectivity index (χ2n) is 6.83. The minimum atomic E-state index is -2.90. The Hall–Kier alpha value is -2.44. The molecule has 0 saturated carbocycles. The third kappa shape index (κ3) is 7.31. The zero-order chi connectivity index (χ0) is 22.2. The second-order valence-corrected chi connectivity index (χ2v) is 6.83. The number of aliphatic imine (C=N–C) groups is 1. The first-order chi connectivity index (χ1) is 15.0. The number of halogens is 5. The standard InChI is InChI=1S/C21H24F4N4O2.HI/c1-26-21(27-12-14-6-2-4-8-17(14)30-19(22)23)28-15-10-11-29(13-15)16-7-3-5-9-18(16)31-20(24)25;/h2-9,15,19-20H,10-13H2,1H3,(H2,26,27,28);1H. The van der Waals surface area contributed by atoms with E-state index in [1.807, 2.05) is 4.90 Å². The fourth-order valence-corrected chi connectivity index (χ4v) is 3.44. The molecule has 0 amide bonds. The first-order valence-corrected chi connectivity index (χ1v) is 9.75. The number of benzene rings is 2. The number of nitrogens with zero attached hydrogens (tertiary/aromatic N) is 2. The summed E-state index contributed by atoms with van der Waals surface area (Å²) >= 11 is 0. The number of guanidine groups is 1. The van der Waals surface area contributed by atoms with Crippen molar-refractivity contribution in [1.82, 2.24) is 10.6 Å². The van der Waals surface area contributed by atoms with Gasteiger partial charge in [0.2, 0.25) is 0 Å². The lowest BCUT2D eigenvalue weighted by Gasteiger charge is -2.22. The van der Waals surface area contributed by atoms with Crippen molar-refractivity contribution in [1.29, 1.82) is 0 Å².